The number of rotatable bonds is 5. The second-order valence-electron chi connectivity index (χ2n) is 6.33. The van der Waals surface area contributed by atoms with Gasteiger partial charge >= 0.3 is 0 Å². The zero-order valence-corrected chi connectivity index (χ0v) is 15.1. The Balaban J connectivity index is 0.00000220. The van der Waals surface area contributed by atoms with Crippen molar-refractivity contribution in [2.24, 2.45) is 11.1 Å². The van der Waals surface area contributed by atoms with Crippen molar-refractivity contribution in [1.29, 1.82) is 0 Å². The van der Waals surface area contributed by atoms with Crippen LogP contribution in [0.5, 0.6) is 0 Å². The molecule has 0 spiro atoms. The van der Waals surface area contributed by atoms with Crippen LogP contribution in [0.4, 0.5) is 0 Å². The number of halogens is 2. The summed E-state index contributed by atoms with van der Waals surface area (Å²) in [7, 11) is 0. The molecule has 1 unspecified atom stereocenters. The fourth-order valence-corrected chi connectivity index (χ4v) is 3.24. The average molecular weight is 356 g/mol. The number of carbonyl (C=O) groups is 1. The zero-order valence-electron chi connectivity index (χ0n) is 13.5. The third-order valence-electron chi connectivity index (χ3n) is 4.68. The Labute approximate surface area is 146 Å². The topological polar surface area (TPSA) is 67.6 Å². The van der Waals surface area contributed by atoms with Gasteiger partial charge < -0.3 is 20.7 Å². The number of likely N-dealkylation sites (tertiary alicyclic amines) is 1. The van der Waals surface area contributed by atoms with E-state index in [-0.39, 0.29) is 36.8 Å². The van der Waals surface area contributed by atoms with E-state index in [4.69, 9.17) is 10.5 Å². The van der Waals surface area contributed by atoms with Gasteiger partial charge in [-0.25, -0.2) is 0 Å². The number of nitrogens with zero attached hydrogens (tertiary/aromatic N) is 1. The molecule has 0 aromatic heterocycles. The third-order valence-corrected chi connectivity index (χ3v) is 4.68. The standard InChI is InChI=1S/C15H29N3O2.2ClH/c1-13(11-18-7-3-2-4-8-18)17-14(19)15(12-16)5-9-20-10-6-15;;/h13H,2-12,16H2,1H3,(H,17,19);2*1H. The average Bonchev–Trinajstić information content (AvgIpc) is 2.48. The van der Waals surface area contributed by atoms with Crippen molar-refractivity contribution in [3.63, 3.8) is 0 Å². The molecule has 0 aromatic carbocycles. The van der Waals surface area contributed by atoms with Gasteiger partial charge in [0.15, 0.2) is 0 Å². The highest BCUT2D eigenvalue weighted by Gasteiger charge is 2.39. The van der Waals surface area contributed by atoms with Gasteiger partial charge in [0.05, 0.1) is 5.41 Å². The van der Waals surface area contributed by atoms with E-state index in [2.05, 4.69) is 17.1 Å². The monoisotopic (exact) mass is 355 g/mol. The van der Waals surface area contributed by atoms with Crippen molar-refractivity contribution in [3.8, 4) is 0 Å². The van der Waals surface area contributed by atoms with E-state index in [9.17, 15) is 4.79 Å². The lowest BCUT2D eigenvalue weighted by Crippen LogP contribution is -2.53. The van der Waals surface area contributed by atoms with E-state index in [1.807, 2.05) is 0 Å². The summed E-state index contributed by atoms with van der Waals surface area (Å²) in [5.41, 5.74) is 5.46. The van der Waals surface area contributed by atoms with Crippen molar-refractivity contribution < 1.29 is 9.53 Å². The first-order chi connectivity index (χ1) is 9.66. The van der Waals surface area contributed by atoms with E-state index < -0.39 is 5.41 Å². The number of carbonyl (C=O) groups excluding carboxylic acids is 1. The Bertz CT molecular complexity index is 320. The molecule has 1 amide bonds. The van der Waals surface area contributed by atoms with E-state index in [1.54, 1.807) is 0 Å². The molecule has 0 aliphatic carbocycles. The van der Waals surface area contributed by atoms with E-state index in [0.29, 0.717) is 19.8 Å². The summed E-state index contributed by atoms with van der Waals surface area (Å²) in [5.74, 6) is 0.118. The van der Waals surface area contributed by atoms with Crippen LogP contribution in [0.15, 0.2) is 0 Å². The Morgan fingerprint density at radius 2 is 1.82 bits per heavy atom. The van der Waals surface area contributed by atoms with E-state index in [0.717, 1.165) is 32.5 Å². The number of amides is 1. The van der Waals surface area contributed by atoms with Gasteiger partial charge in [0.25, 0.3) is 0 Å². The number of hydrogen-bond donors (Lipinski definition) is 2. The number of nitrogens with one attached hydrogen (secondary N) is 1. The highest BCUT2D eigenvalue weighted by molar-refractivity contribution is 5.85. The van der Waals surface area contributed by atoms with E-state index in [1.165, 1.54) is 19.3 Å². The highest BCUT2D eigenvalue weighted by Crippen LogP contribution is 2.29. The van der Waals surface area contributed by atoms with Crippen LogP contribution >= 0.6 is 24.8 Å². The van der Waals surface area contributed by atoms with Crippen molar-refractivity contribution in [2.75, 3.05) is 39.4 Å². The molecular formula is C15H31Cl2N3O2. The fraction of sp³-hybridized carbons (Fsp3) is 0.933. The Morgan fingerprint density at radius 3 is 2.36 bits per heavy atom. The van der Waals surface area contributed by atoms with Crippen LogP contribution in [0, 0.1) is 5.41 Å². The van der Waals surface area contributed by atoms with Gasteiger partial charge in [-0.2, -0.15) is 0 Å². The lowest BCUT2D eigenvalue weighted by atomic mass is 9.79. The number of piperidine rings is 1. The number of nitrogens with two attached hydrogens (primary N) is 1. The molecule has 3 N–H and O–H groups in total. The molecule has 2 aliphatic rings. The van der Waals surface area contributed by atoms with Crippen LogP contribution in [0.25, 0.3) is 0 Å². The SMILES string of the molecule is CC(CN1CCCCC1)NC(=O)C1(CN)CCOCC1.Cl.Cl. The van der Waals surface area contributed by atoms with Crippen LogP contribution < -0.4 is 11.1 Å². The number of ether oxygens (including phenoxy) is 1. The van der Waals surface area contributed by atoms with Crippen LogP contribution in [0.1, 0.15) is 39.0 Å². The lowest BCUT2D eigenvalue weighted by Gasteiger charge is -2.36. The molecule has 0 saturated carbocycles. The number of hydrogen-bond acceptors (Lipinski definition) is 4. The molecule has 2 rings (SSSR count). The molecule has 0 bridgehead atoms. The summed E-state index contributed by atoms with van der Waals surface area (Å²) < 4.78 is 5.36. The van der Waals surface area contributed by atoms with Crippen molar-refractivity contribution in [3.05, 3.63) is 0 Å². The van der Waals surface area contributed by atoms with Gasteiger partial charge in [0.1, 0.15) is 0 Å². The molecule has 7 heteroatoms. The quantitative estimate of drug-likeness (QED) is 0.785. The molecule has 5 nitrogen and oxygen atoms in total. The largest absolute Gasteiger partial charge is 0.381 e. The Kier molecular flexibility index (Phi) is 10.6. The highest BCUT2D eigenvalue weighted by atomic mass is 35.5. The summed E-state index contributed by atoms with van der Waals surface area (Å²) >= 11 is 0. The van der Waals surface area contributed by atoms with Crippen LogP contribution in [0.2, 0.25) is 0 Å². The van der Waals surface area contributed by atoms with Crippen molar-refractivity contribution in [1.82, 2.24) is 10.2 Å². The minimum atomic E-state index is -0.408. The second kappa shape index (κ2) is 10.7. The minimum Gasteiger partial charge on any atom is -0.381 e. The van der Waals surface area contributed by atoms with Crippen LogP contribution in [-0.4, -0.2) is 56.2 Å². The van der Waals surface area contributed by atoms with Crippen molar-refractivity contribution >= 4 is 30.7 Å². The molecule has 2 aliphatic heterocycles. The van der Waals surface area contributed by atoms with Gasteiger partial charge in [0.2, 0.25) is 5.91 Å². The first kappa shape index (κ1) is 21.9. The lowest BCUT2D eigenvalue weighted by molar-refractivity contribution is -0.136. The smallest absolute Gasteiger partial charge is 0.227 e. The first-order valence-electron chi connectivity index (χ1n) is 7.97. The maximum Gasteiger partial charge on any atom is 0.227 e. The third kappa shape index (κ3) is 5.85. The fourth-order valence-electron chi connectivity index (χ4n) is 3.24. The molecular weight excluding hydrogens is 325 g/mol. The summed E-state index contributed by atoms with van der Waals surface area (Å²) in [6.45, 7) is 7.07. The van der Waals surface area contributed by atoms with Gasteiger partial charge in [-0.3, -0.25) is 4.79 Å². The zero-order chi connectivity index (χ0) is 14.4. The molecule has 2 fully saturated rings. The molecule has 2 saturated heterocycles. The van der Waals surface area contributed by atoms with Gasteiger partial charge in [0, 0.05) is 32.3 Å². The molecule has 132 valence electrons. The first-order valence-corrected chi connectivity index (χ1v) is 7.97. The predicted octanol–water partition coefficient (Wildman–Crippen LogP) is 1.58. The molecule has 0 aromatic rings. The predicted molar refractivity (Wildman–Crippen MR) is 93.9 cm³/mol. The summed E-state index contributed by atoms with van der Waals surface area (Å²) in [5, 5.41) is 3.17. The maximum atomic E-state index is 12.5. The van der Waals surface area contributed by atoms with Gasteiger partial charge in [-0.05, 0) is 45.7 Å². The van der Waals surface area contributed by atoms with Crippen LogP contribution in [-0.2, 0) is 9.53 Å². The summed E-state index contributed by atoms with van der Waals surface area (Å²) in [6.07, 6.45) is 5.39. The van der Waals surface area contributed by atoms with Gasteiger partial charge in [-0.1, -0.05) is 6.42 Å². The molecule has 22 heavy (non-hydrogen) atoms. The molecule has 0 radical (unpaired) electrons. The van der Waals surface area contributed by atoms with E-state index >= 15 is 0 Å². The summed E-state index contributed by atoms with van der Waals surface area (Å²) in [6, 6.07) is 0.187. The Morgan fingerprint density at radius 1 is 1.23 bits per heavy atom. The maximum absolute atomic E-state index is 12.5. The van der Waals surface area contributed by atoms with Crippen LogP contribution in [0.3, 0.4) is 0 Å². The second-order valence-corrected chi connectivity index (χ2v) is 6.33. The Hall–Kier alpha value is -0.0700. The van der Waals surface area contributed by atoms with Gasteiger partial charge in [-0.15, -0.1) is 24.8 Å². The minimum absolute atomic E-state index is 0. The summed E-state index contributed by atoms with van der Waals surface area (Å²) in [4.78, 5) is 15.0. The normalized spacial score (nSPS) is 22.8. The molecule has 2 heterocycles. The molecule has 1 atom stereocenters. The van der Waals surface area contributed by atoms with Crippen molar-refractivity contribution in [2.45, 2.75) is 45.1 Å².